The fourth-order valence-electron chi connectivity index (χ4n) is 2.95. The summed E-state index contributed by atoms with van der Waals surface area (Å²) in [7, 11) is 0. The first kappa shape index (κ1) is 17.9. The van der Waals surface area contributed by atoms with Gasteiger partial charge in [0.1, 0.15) is 13.2 Å². The second kappa shape index (κ2) is 6.75. The minimum absolute atomic E-state index is 0.0586. The monoisotopic (exact) mass is 300 g/mol. The largest absolute Gasteiger partial charge is 0.462 e. The summed E-state index contributed by atoms with van der Waals surface area (Å²) in [4.78, 5) is 23.1. The average molecular weight is 300 g/mol. The summed E-state index contributed by atoms with van der Waals surface area (Å²) in [6, 6.07) is 0. The highest BCUT2D eigenvalue weighted by atomic mass is 16.6. The summed E-state index contributed by atoms with van der Waals surface area (Å²) < 4.78 is 10.0. The summed E-state index contributed by atoms with van der Waals surface area (Å²) in [5.74, 6) is -0.938. The SMILES string of the molecule is CCC(=O)OCCOC(=O)C1CC(C)(C)N([O])C(C)(C)C1. The number of carbonyl (C=O) groups excluding carboxylic acids is 2. The van der Waals surface area contributed by atoms with Gasteiger partial charge in [-0.25, -0.2) is 0 Å². The summed E-state index contributed by atoms with van der Waals surface area (Å²) in [6.07, 6.45) is 1.24. The highest BCUT2D eigenvalue weighted by molar-refractivity contribution is 5.73. The van der Waals surface area contributed by atoms with Crippen molar-refractivity contribution in [2.75, 3.05) is 13.2 Å². The van der Waals surface area contributed by atoms with Crippen molar-refractivity contribution in [3.63, 3.8) is 0 Å². The third kappa shape index (κ3) is 4.68. The second-order valence-corrected chi connectivity index (χ2v) is 6.77. The van der Waals surface area contributed by atoms with Gasteiger partial charge in [-0.1, -0.05) is 6.92 Å². The summed E-state index contributed by atoms with van der Waals surface area (Å²) in [6.45, 7) is 9.19. The first-order valence-electron chi connectivity index (χ1n) is 7.40. The lowest BCUT2D eigenvalue weighted by Crippen LogP contribution is -2.59. The molecule has 0 amide bonds. The quantitative estimate of drug-likeness (QED) is 0.574. The molecule has 121 valence electrons. The van der Waals surface area contributed by atoms with Gasteiger partial charge in [0.05, 0.1) is 5.92 Å². The molecule has 1 rings (SSSR count). The Balaban J connectivity index is 2.49. The minimum atomic E-state index is -0.597. The number of hydrogen-bond donors (Lipinski definition) is 0. The van der Waals surface area contributed by atoms with E-state index in [1.165, 1.54) is 0 Å². The number of piperidine rings is 1. The highest BCUT2D eigenvalue weighted by Gasteiger charge is 2.48. The second-order valence-electron chi connectivity index (χ2n) is 6.77. The molecule has 1 radical (unpaired) electrons. The van der Waals surface area contributed by atoms with Crippen molar-refractivity contribution in [2.24, 2.45) is 5.92 Å². The fraction of sp³-hybridized carbons (Fsp3) is 0.867. The van der Waals surface area contributed by atoms with Crippen molar-refractivity contribution in [3.8, 4) is 0 Å². The van der Waals surface area contributed by atoms with Crippen LogP contribution in [0.2, 0.25) is 0 Å². The zero-order chi connectivity index (χ0) is 16.3. The van der Waals surface area contributed by atoms with Gasteiger partial charge in [0.25, 0.3) is 0 Å². The van der Waals surface area contributed by atoms with E-state index in [9.17, 15) is 14.8 Å². The predicted octanol–water partition coefficient (Wildman–Crippen LogP) is 2.10. The zero-order valence-electron chi connectivity index (χ0n) is 13.6. The molecule has 0 spiro atoms. The highest BCUT2D eigenvalue weighted by Crippen LogP contribution is 2.40. The number of hydrogen-bond acceptors (Lipinski definition) is 5. The van der Waals surface area contributed by atoms with Crippen LogP contribution in [0.15, 0.2) is 0 Å². The van der Waals surface area contributed by atoms with Gasteiger partial charge in [0, 0.05) is 17.5 Å². The third-order valence-electron chi connectivity index (χ3n) is 3.80. The summed E-state index contributed by atoms with van der Waals surface area (Å²) >= 11 is 0. The van der Waals surface area contributed by atoms with Gasteiger partial charge in [0.15, 0.2) is 0 Å². The topological polar surface area (TPSA) is 75.7 Å². The van der Waals surface area contributed by atoms with Crippen LogP contribution in [0.25, 0.3) is 0 Å². The lowest BCUT2D eigenvalue weighted by molar-refractivity contribution is -0.293. The predicted molar refractivity (Wildman–Crippen MR) is 75.6 cm³/mol. The normalized spacial score (nSPS) is 21.8. The van der Waals surface area contributed by atoms with Crippen LogP contribution in [0, 0.1) is 5.92 Å². The maximum absolute atomic E-state index is 12.2. The van der Waals surface area contributed by atoms with E-state index in [2.05, 4.69) is 0 Å². The molecular formula is C15H26NO5. The van der Waals surface area contributed by atoms with Crippen molar-refractivity contribution < 1.29 is 24.3 Å². The Morgan fingerprint density at radius 2 is 1.52 bits per heavy atom. The first-order valence-corrected chi connectivity index (χ1v) is 7.40. The van der Waals surface area contributed by atoms with Crippen LogP contribution in [0.3, 0.4) is 0 Å². The minimum Gasteiger partial charge on any atom is -0.462 e. The molecule has 0 N–H and O–H groups in total. The Labute approximate surface area is 126 Å². The van der Waals surface area contributed by atoms with Crippen LogP contribution in [0.5, 0.6) is 0 Å². The Morgan fingerprint density at radius 1 is 1.05 bits per heavy atom. The van der Waals surface area contributed by atoms with E-state index >= 15 is 0 Å². The Hall–Kier alpha value is -1.14. The number of carbonyl (C=O) groups is 2. The van der Waals surface area contributed by atoms with Gasteiger partial charge in [-0.05, 0) is 40.5 Å². The number of ether oxygens (including phenoxy) is 2. The Bertz CT molecular complexity index is 374. The molecule has 0 aromatic heterocycles. The van der Waals surface area contributed by atoms with Gasteiger partial charge in [-0.15, -0.1) is 10.3 Å². The van der Waals surface area contributed by atoms with Crippen LogP contribution in [-0.4, -0.2) is 41.3 Å². The molecule has 0 atom stereocenters. The molecule has 0 aliphatic carbocycles. The van der Waals surface area contributed by atoms with Crippen molar-refractivity contribution >= 4 is 11.9 Å². The van der Waals surface area contributed by atoms with Crippen molar-refractivity contribution in [3.05, 3.63) is 0 Å². The van der Waals surface area contributed by atoms with E-state index in [0.29, 0.717) is 19.3 Å². The molecule has 0 aromatic carbocycles. The van der Waals surface area contributed by atoms with Gasteiger partial charge < -0.3 is 9.47 Å². The molecule has 0 unspecified atom stereocenters. The van der Waals surface area contributed by atoms with E-state index < -0.39 is 11.1 Å². The van der Waals surface area contributed by atoms with Gasteiger partial charge >= 0.3 is 11.9 Å². The number of hydroxylamine groups is 2. The van der Waals surface area contributed by atoms with E-state index in [1.807, 2.05) is 27.7 Å². The van der Waals surface area contributed by atoms with E-state index in [-0.39, 0.29) is 31.1 Å². The molecule has 1 saturated heterocycles. The van der Waals surface area contributed by atoms with Gasteiger partial charge in [-0.2, -0.15) is 0 Å². The summed E-state index contributed by atoms with van der Waals surface area (Å²) in [5, 5.41) is 13.3. The molecule has 1 aliphatic rings. The first-order chi connectivity index (χ1) is 9.60. The number of nitrogens with zero attached hydrogens (tertiary/aromatic N) is 1. The van der Waals surface area contributed by atoms with Gasteiger partial charge in [0.2, 0.25) is 0 Å². The van der Waals surface area contributed by atoms with Crippen LogP contribution in [-0.2, 0) is 24.3 Å². The smallest absolute Gasteiger partial charge is 0.309 e. The fourth-order valence-corrected chi connectivity index (χ4v) is 2.95. The molecule has 21 heavy (non-hydrogen) atoms. The average Bonchev–Trinajstić information content (AvgIpc) is 2.39. The van der Waals surface area contributed by atoms with Gasteiger partial charge in [-0.3, -0.25) is 9.59 Å². The molecule has 0 bridgehead atoms. The van der Waals surface area contributed by atoms with E-state index in [1.54, 1.807) is 6.92 Å². The van der Waals surface area contributed by atoms with Crippen LogP contribution in [0.4, 0.5) is 0 Å². The van der Waals surface area contributed by atoms with Crippen LogP contribution < -0.4 is 0 Å². The maximum atomic E-state index is 12.2. The van der Waals surface area contributed by atoms with Crippen molar-refractivity contribution in [1.82, 2.24) is 5.06 Å². The number of esters is 2. The third-order valence-corrected chi connectivity index (χ3v) is 3.80. The zero-order valence-corrected chi connectivity index (χ0v) is 13.6. The standard InChI is InChI=1S/C15H26NO5/c1-6-12(17)20-7-8-21-13(18)11-9-14(2,3)16(19)15(4,5)10-11/h11H,6-10H2,1-5H3. The van der Waals surface area contributed by atoms with Crippen LogP contribution >= 0.6 is 0 Å². The molecule has 0 aromatic rings. The van der Waals surface area contributed by atoms with Crippen LogP contribution in [0.1, 0.15) is 53.9 Å². The molecule has 6 heteroatoms. The number of rotatable bonds is 5. The lowest BCUT2D eigenvalue weighted by Gasteiger charge is -2.49. The lowest BCUT2D eigenvalue weighted by atomic mass is 9.75. The van der Waals surface area contributed by atoms with Crippen molar-refractivity contribution in [2.45, 2.75) is 65.0 Å². The summed E-state index contributed by atoms with van der Waals surface area (Å²) in [5.41, 5.74) is -1.19. The molecule has 1 aliphatic heterocycles. The van der Waals surface area contributed by atoms with E-state index in [4.69, 9.17) is 9.47 Å². The molecule has 0 saturated carbocycles. The maximum Gasteiger partial charge on any atom is 0.309 e. The Morgan fingerprint density at radius 3 is 2.00 bits per heavy atom. The molecule has 6 nitrogen and oxygen atoms in total. The van der Waals surface area contributed by atoms with E-state index in [0.717, 1.165) is 5.06 Å². The molecule has 1 fully saturated rings. The van der Waals surface area contributed by atoms with Crippen molar-refractivity contribution in [1.29, 1.82) is 0 Å². The molecule has 1 heterocycles. The molecular weight excluding hydrogens is 274 g/mol. The Kier molecular flexibility index (Phi) is 5.75.